The highest BCUT2D eigenvalue weighted by Gasteiger charge is 2.42. The van der Waals surface area contributed by atoms with Gasteiger partial charge in [-0.05, 0) is 29.8 Å². The van der Waals surface area contributed by atoms with Crippen molar-refractivity contribution in [3.8, 4) is 5.75 Å². The van der Waals surface area contributed by atoms with E-state index >= 15 is 0 Å². The summed E-state index contributed by atoms with van der Waals surface area (Å²) in [7, 11) is 0. The van der Waals surface area contributed by atoms with E-state index < -0.39 is 35.4 Å². The Balaban J connectivity index is 1.46. The number of carbonyl (C=O) groups is 1. The van der Waals surface area contributed by atoms with E-state index in [1.54, 1.807) is 12.1 Å². The van der Waals surface area contributed by atoms with Crippen LogP contribution in [0.2, 0.25) is 0 Å². The van der Waals surface area contributed by atoms with E-state index in [-0.39, 0.29) is 5.75 Å². The second-order valence-corrected chi connectivity index (χ2v) is 8.22. The molecule has 1 unspecified atom stereocenters. The SMILES string of the molecule is O=C1NCC2(CCN(CCC(Oc3ccccc3F)c3cccc(C(F)(F)F)c3)CC2)O1. The third kappa shape index (κ3) is 5.15. The zero-order chi connectivity index (χ0) is 22.8. The minimum atomic E-state index is -4.48. The van der Waals surface area contributed by atoms with E-state index in [0.717, 1.165) is 12.1 Å². The summed E-state index contributed by atoms with van der Waals surface area (Å²) in [6.07, 6.45) is -3.91. The lowest BCUT2D eigenvalue weighted by Crippen LogP contribution is -2.47. The minimum absolute atomic E-state index is 0.00329. The fourth-order valence-corrected chi connectivity index (χ4v) is 4.17. The van der Waals surface area contributed by atoms with Crippen LogP contribution in [-0.4, -0.2) is 42.8 Å². The lowest BCUT2D eigenvalue weighted by atomic mass is 9.91. The molecule has 32 heavy (non-hydrogen) atoms. The molecule has 0 aliphatic carbocycles. The quantitative estimate of drug-likeness (QED) is 0.632. The summed E-state index contributed by atoms with van der Waals surface area (Å²) in [6, 6.07) is 10.8. The number of carbonyl (C=O) groups excluding carboxylic acids is 1. The molecule has 2 aliphatic heterocycles. The average molecular weight is 452 g/mol. The van der Waals surface area contributed by atoms with Gasteiger partial charge in [-0.25, -0.2) is 9.18 Å². The van der Waals surface area contributed by atoms with Gasteiger partial charge in [0.2, 0.25) is 0 Å². The zero-order valence-electron chi connectivity index (χ0n) is 17.3. The highest BCUT2D eigenvalue weighted by atomic mass is 19.4. The number of amides is 1. The second kappa shape index (κ2) is 8.97. The van der Waals surface area contributed by atoms with Gasteiger partial charge in [-0.15, -0.1) is 0 Å². The molecule has 172 valence electrons. The Labute approximate surface area is 183 Å². The van der Waals surface area contributed by atoms with Crippen LogP contribution in [0.15, 0.2) is 48.5 Å². The number of benzene rings is 2. The molecule has 2 saturated heterocycles. The predicted octanol–water partition coefficient (Wildman–Crippen LogP) is 4.93. The molecular weight excluding hydrogens is 428 g/mol. The normalized spacial score (nSPS) is 19.4. The number of ether oxygens (including phenoxy) is 2. The van der Waals surface area contributed by atoms with E-state index in [1.807, 2.05) is 0 Å². The van der Waals surface area contributed by atoms with Gasteiger partial charge < -0.3 is 19.7 Å². The Kier molecular flexibility index (Phi) is 6.28. The van der Waals surface area contributed by atoms with Gasteiger partial charge in [-0.1, -0.05) is 24.3 Å². The molecule has 2 fully saturated rings. The van der Waals surface area contributed by atoms with E-state index in [4.69, 9.17) is 9.47 Å². The Morgan fingerprint density at radius 2 is 1.88 bits per heavy atom. The number of alkyl carbamates (subject to hydrolysis) is 1. The van der Waals surface area contributed by atoms with Gasteiger partial charge in [0.1, 0.15) is 11.7 Å². The minimum Gasteiger partial charge on any atom is -0.483 e. The van der Waals surface area contributed by atoms with Crippen molar-refractivity contribution in [2.75, 3.05) is 26.2 Å². The molecule has 4 rings (SSSR count). The van der Waals surface area contributed by atoms with Crippen LogP contribution < -0.4 is 10.1 Å². The summed E-state index contributed by atoms with van der Waals surface area (Å²) in [5.74, 6) is -0.573. The Morgan fingerprint density at radius 3 is 2.53 bits per heavy atom. The number of likely N-dealkylation sites (tertiary alicyclic amines) is 1. The van der Waals surface area contributed by atoms with Gasteiger partial charge in [0.25, 0.3) is 0 Å². The first-order valence-electron chi connectivity index (χ1n) is 10.5. The molecule has 1 amide bonds. The number of halogens is 4. The molecule has 2 aromatic carbocycles. The molecule has 1 atom stereocenters. The summed E-state index contributed by atoms with van der Waals surface area (Å²) in [5.41, 5.74) is -0.907. The number of piperidine rings is 1. The molecule has 2 aromatic rings. The lowest BCUT2D eigenvalue weighted by Gasteiger charge is -2.37. The Morgan fingerprint density at radius 1 is 1.12 bits per heavy atom. The van der Waals surface area contributed by atoms with Crippen LogP contribution in [0.1, 0.15) is 36.5 Å². The molecule has 1 N–H and O–H groups in total. The maximum atomic E-state index is 14.2. The highest BCUT2D eigenvalue weighted by Crippen LogP contribution is 2.34. The van der Waals surface area contributed by atoms with Gasteiger partial charge >= 0.3 is 12.3 Å². The molecule has 9 heteroatoms. The zero-order valence-corrected chi connectivity index (χ0v) is 17.3. The molecule has 2 aliphatic rings. The first-order valence-corrected chi connectivity index (χ1v) is 10.5. The van der Waals surface area contributed by atoms with Crippen molar-refractivity contribution in [3.05, 3.63) is 65.5 Å². The van der Waals surface area contributed by atoms with Crippen molar-refractivity contribution < 1.29 is 31.8 Å². The fraction of sp³-hybridized carbons (Fsp3) is 0.435. The average Bonchev–Trinajstić information content (AvgIpc) is 3.13. The van der Waals surface area contributed by atoms with Crippen LogP contribution in [0.3, 0.4) is 0 Å². The number of hydrogen-bond donors (Lipinski definition) is 1. The first kappa shape index (κ1) is 22.4. The maximum Gasteiger partial charge on any atom is 0.416 e. The molecule has 5 nitrogen and oxygen atoms in total. The van der Waals surface area contributed by atoms with E-state index in [1.165, 1.54) is 24.3 Å². The van der Waals surface area contributed by atoms with Crippen LogP contribution in [0.5, 0.6) is 5.75 Å². The van der Waals surface area contributed by atoms with Crippen molar-refractivity contribution in [2.24, 2.45) is 0 Å². The van der Waals surface area contributed by atoms with Crippen molar-refractivity contribution in [2.45, 2.75) is 37.1 Å². The van der Waals surface area contributed by atoms with Crippen molar-refractivity contribution in [1.82, 2.24) is 10.2 Å². The molecular formula is C23H24F4N2O3. The van der Waals surface area contributed by atoms with Gasteiger partial charge in [0.15, 0.2) is 11.6 Å². The van der Waals surface area contributed by atoms with Gasteiger partial charge in [-0.3, -0.25) is 0 Å². The van der Waals surface area contributed by atoms with Crippen LogP contribution in [0.25, 0.3) is 0 Å². The number of alkyl halides is 3. The number of para-hydroxylation sites is 1. The van der Waals surface area contributed by atoms with Gasteiger partial charge in [-0.2, -0.15) is 13.2 Å². The molecule has 1 spiro atoms. The number of rotatable bonds is 6. The van der Waals surface area contributed by atoms with Crippen LogP contribution in [0, 0.1) is 5.82 Å². The smallest absolute Gasteiger partial charge is 0.416 e. The summed E-state index contributed by atoms with van der Waals surface area (Å²) in [6.45, 7) is 2.41. The van der Waals surface area contributed by atoms with E-state index in [2.05, 4.69) is 10.2 Å². The highest BCUT2D eigenvalue weighted by molar-refractivity contribution is 5.70. The largest absolute Gasteiger partial charge is 0.483 e. The summed E-state index contributed by atoms with van der Waals surface area (Å²) < 4.78 is 65.1. The van der Waals surface area contributed by atoms with Gasteiger partial charge in [0, 0.05) is 38.9 Å². The first-order chi connectivity index (χ1) is 15.2. The van der Waals surface area contributed by atoms with Crippen LogP contribution in [0.4, 0.5) is 22.4 Å². The van der Waals surface area contributed by atoms with Crippen molar-refractivity contribution in [3.63, 3.8) is 0 Å². The Hall–Kier alpha value is -2.81. The number of nitrogens with one attached hydrogen (secondary N) is 1. The monoisotopic (exact) mass is 452 g/mol. The maximum absolute atomic E-state index is 14.2. The predicted molar refractivity (Wildman–Crippen MR) is 109 cm³/mol. The molecule has 0 bridgehead atoms. The van der Waals surface area contributed by atoms with E-state index in [0.29, 0.717) is 51.0 Å². The standard InChI is InChI=1S/C23H24F4N2O3/c24-18-6-1-2-7-20(18)31-19(16-4-3-5-17(14-16)23(25,26)27)8-11-29-12-9-22(10-13-29)15-28-21(30)32-22/h1-7,14,19H,8-13,15H2,(H,28,30). The van der Waals surface area contributed by atoms with Crippen molar-refractivity contribution >= 4 is 6.09 Å². The number of nitrogens with zero attached hydrogens (tertiary/aromatic N) is 1. The number of hydrogen-bond acceptors (Lipinski definition) is 4. The van der Waals surface area contributed by atoms with Gasteiger partial charge in [0.05, 0.1) is 12.1 Å². The molecule has 0 aromatic heterocycles. The van der Waals surface area contributed by atoms with Crippen molar-refractivity contribution in [1.29, 1.82) is 0 Å². The fourth-order valence-electron chi connectivity index (χ4n) is 4.17. The van der Waals surface area contributed by atoms with Crippen LogP contribution >= 0.6 is 0 Å². The molecule has 0 saturated carbocycles. The third-order valence-corrected chi connectivity index (χ3v) is 6.03. The topological polar surface area (TPSA) is 50.8 Å². The molecule has 2 heterocycles. The molecule has 0 radical (unpaired) electrons. The lowest BCUT2D eigenvalue weighted by molar-refractivity contribution is -0.137. The van der Waals surface area contributed by atoms with Crippen LogP contribution in [-0.2, 0) is 10.9 Å². The second-order valence-electron chi connectivity index (χ2n) is 8.22. The summed E-state index contributed by atoms with van der Waals surface area (Å²) in [4.78, 5) is 13.6. The van der Waals surface area contributed by atoms with E-state index in [9.17, 15) is 22.4 Å². The Bertz CT molecular complexity index is 958. The summed E-state index contributed by atoms with van der Waals surface area (Å²) >= 11 is 0. The third-order valence-electron chi connectivity index (χ3n) is 6.03. The summed E-state index contributed by atoms with van der Waals surface area (Å²) in [5, 5.41) is 2.69.